The Kier molecular flexibility index (Phi) is 2.49. The highest BCUT2D eigenvalue weighted by Crippen LogP contribution is 1.91. The maximum absolute atomic E-state index is 10.0. The quantitative estimate of drug-likeness (QED) is 0.609. The number of carboxylic acid groups (broad SMARTS) is 1. The van der Waals surface area contributed by atoms with Gasteiger partial charge in [-0.05, 0) is 18.9 Å². The predicted octanol–water partition coefficient (Wildman–Crippen LogP) is 0.339. The average Bonchev–Trinajstić information content (AvgIpc) is 2.48. The van der Waals surface area contributed by atoms with Crippen molar-refractivity contribution in [1.29, 1.82) is 0 Å². The first-order chi connectivity index (χ1) is 5.72. The van der Waals surface area contributed by atoms with Gasteiger partial charge in [0.1, 0.15) is 5.69 Å². The summed E-state index contributed by atoms with van der Waals surface area (Å²) in [4.78, 5) is 10.0. The number of hydrogen-bond acceptors (Lipinski definition) is 2. The molecule has 0 radical (unpaired) electrons. The second-order valence-electron chi connectivity index (χ2n) is 2.11. The lowest BCUT2D eigenvalue weighted by atomic mass is 10.4. The number of aryl methyl sites for hydroxylation is 1. The van der Waals surface area contributed by atoms with Crippen LogP contribution >= 0.6 is 0 Å². The minimum atomic E-state index is -1.14. The minimum absolute atomic E-state index is 0.485. The second kappa shape index (κ2) is 3.58. The number of hydrogen-bond donors (Lipinski definition) is 1. The van der Waals surface area contributed by atoms with Gasteiger partial charge in [-0.1, -0.05) is 0 Å². The summed E-state index contributed by atoms with van der Waals surface area (Å²) in [6.07, 6.45) is 1.76. The lowest BCUT2D eigenvalue weighted by molar-refractivity contribution is -0.130. The predicted molar refractivity (Wildman–Crippen MR) is 42.4 cm³/mol. The Bertz CT molecular complexity index is 343. The van der Waals surface area contributed by atoms with E-state index in [1.54, 1.807) is 16.9 Å². The molecule has 0 atom stereocenters. The van der Waals surface area contributed by atoms with Crippen molar-refractivity contribution in [2.45, 2.75) is 13.5 Å². The number of aromatic nitrogens is 2. The van der Waals surface area contributed by atoms with E-state index in [0.29, 0.717) is 5.69 Å². The molecule has 4 nitrogen and oxygen atoms in total. The molecular formula is C8H8N2O2. The molecule has 0 aromatic carbocycles. The van der Waals surface area contributed by atoms with Gasteiger partial charge in [0.25, 0.3) is 0 Å². The van der Waals surface area contributed by atoms with Crippen LogP contribution in [0.2, 0.25) is 0 Å². The van der Waals surface area contributed by atoms with Gasteiger partial charge < -0.3 is 5.11 Å². The normalized spacial score (nSPS) is 8.75. The molecule has 4 heteroatoms. The van der Waals surface area contributed by atoms with E-state index in [-0.39, 0.29) is 0 Å². The van der Waals surface area contributed by atoms with Crippen LogP contribution in [0.1, 0.15) is 12.6 Å². The molecule has 12 heavy (non-hydrogen) atoms. The zero-order valence-electron chi connectivity index (χ0n) is 6.61. The SMILES string of the molecule is CCn1ccc(C#CC(=O)O)n1. The van der Waals surface area contributed by atoms with Crippen molar-refractivity contribution in [3.63, 3.8) is 0 Å². The third-order valence-corrected chi connectivity index (χ3v) is 1.26. The van der Waals surface area contributed by atoms with Gasteiger partial charge in [0, 0.05) is 18.7 Å². The summed E-state index contributed by atoms with van der Waals surface area (Å²) in [5.41, 5.74) is 0.485. The van der Waals surface area contributed by atoms with Crippen LogP contribution in [0, 0.1) is 11.8 Å². The smallest absolute Gasteiger partial charge is 0.382 e. The van der Waals surface area contributed by atoms with E-state index >= 15 is 0 Å². The van der Waals surface area contributed by atoms with E-state index in [2.05, 4.69) is 11.0 Å². The Hall–Kier alpha value is -1.76. The molecule has 0 fully saturated rings. The van der Waals surface area contributed by atoms with Crippen molar-refractivity contribution in [3.05, 3.63) is 18.0 Å². The lowest BCUT2D eigenvalue weighted by Gasteiger charge is -1.88. The summed E-state index contributed by atoms with van der Waals surface area (Å²) < 4.78 is 1.69. The average molecular weight is 164 g/mol. The molecule has 0 unspecified atom stereocenters. The molecule has 0 aliphatic carbocycles. The molecule has 1 aromatic heterocycles. The Labute approximate surface area is 69.8 Å². The molecule has 1 rings (SSSR count). The number of carbonyl (C=O) groups is 1. The van der Waals surface area contributed by atoms with Crippen LogP contribution in [0.3, 0.4) is 0 Å². The zero-order valence-corrected chi connectivity index (χ0v) is 6.61. The number of aliphatic carboxylic acids is 1. The highest BCUT2D eigenvalue weighted by molar-refractivity contribution is 5.87. The van der Waals surface area contributed by atoms with Crippen LogP contribution in [0.15, 0.2) is 12.3 Å². The van der Waals surface area contributed by atoms with E-state index < -0.39 is 5.97 Å². The van der Waals surface area contributed by atoms with E-state index in [0.717, 1.165) is 6.54 Å². The van der Waals surface area contributed by atoms with E-state index in [1.807, 2.05) is 12.8 Å². The maximum Gasteiger partial charge on any atom is 0.382 e. The van der Waals surface area contributed by atoms with Gasteiger partial charge in [0.2, 0.25) is 0 Å². The number of carboxylic acids is 1. The second-order valence-corrected chi connectivity index (χ2v) is 2.11. The van der Waals surface area contributed by atoms with Crippen LogP contribution in [-0.4, -0.2) is 20.9 Å². The molecule has 0 aliphatic rings. The fourth-order valence-electron chi connectivity index (χ4n) is 0.722. The Balaban J connectivity index is 2.78. The van der Waals surface area contributed by atoms with Crippen LogP contribution in [0.5, 0.6) is 0 Å². The summed E-state index contributed by atoms with van der Waals surface area (Å²) in [7, 11) is 0. The highest BCUT2D eigenvalue weighted by Gasteiger charge is 1.92. The zero-order chi connectivity index (χ0) is 8.97. The molecule has 0 amide bonds. The third-order valence-electron chi connectivity index (χ3n) is 1.26. The van der Waals surface area contributed by atoms with Gasteiger partial charge in [-0.3, -0.25) is 4.68 Å². The molecule has 0 spiro atoms. The van der Waals surface area contributed by atoms with Crippen molar-refractivity contribution in [3.8, 4) is 11.8 Å². The fourth-order valence-corrected chi connectivity index (χ4v) is 0.722. The molecule has 0 bridgehead atoms. The van der Waals surface area contributed by atoms with Crippen molar-refractivity contribution in [2.75, 3.05) is 0 Å². The van der Waals surface area contributed by atoms with Gasteiger partial charge in [0.05, 0.1) is 0 Å². The summed E-state index contributed by atoms with van der Waals surface area (Å²) in [5, 5.41) is 12.2. The van der Waals surface area contributed by atoms with Gasteiger partial charge >= 0.3 is 5.97 Å². The lowest BCUT2D eigenvalue weighted by Crippen LogP contribution is -1.94. The topological polar surface area (TPSA) is 55.1 Å². The van der Waals surface area contributed by atoms with E-state index in [4.69, 9.17) is 5.11 Å². The highest BCUT2D eigenvalue weighted by atomic mass is 16.4. The van der Waals surface area contributed by atoms with Gasteiger partial charge in [0.15, 0.2) is 0 Å². The minimum Gasteiger partial charge on any atom is -0.472 e. The van der Waals surface area contributed by atoms with Crippen LogP contribution in [0.25, 0.3) is 0 Å². The summed E-state index contributed by atoms with van der Waals surface area (Å²) in [6, 6.07) is 1.68. The van der Waals surface area contributed by atoms with Crippen LogP contribution < -0.4 is 0 Å². The van der Waals surface area contributed by atoms with Crippen molar-refractivity contribution in [2.24, 2.45) is 0 Å². The van der Waals surface area contributed by atoms with Gasteiger partial charge in [-0.15, -0.1) is 0 Å². The molecule has 1 heterocycles. The molecule has 0 saturated heterocycles. The standard InChI is InChI=1S/C8H8N2O2/c1-2-10-6-5-7(9-10)3-4-8(11)12/h5-6H,2H2,1H3,(H,11,12). The largest absolute Gasteiger partial charge is 0.472 e. The van der Waals surface area contributed by atoms with E-state index in [1.165, 1.54) is 0 Å². The van der Waals surface area contributed by atoms with Crippen LogP contribution in [0.4, 0.5) is 0 Å². The van der Waals surface area contributed by atoms with E-state index in [9.17, 15) is 4.79 Å². The van der Waals surface area contributed by atoms with Gasteiger partial charge in [-0.25, -0.2) is 4.79 Å². The number of nitrogens with zero attached hydrogens (tertiary/aromatic N) is 2. The Morgan fingerprint density at radius 3 is 3.08 bits per heavy atom. The summed E-state index contributed by atoms with van der Waals surface area (Å²) in [6.45, 7) is 2.70. The molecule has 1 N–H and O–H groups in total. The first-order valence-electron chi connectivity index (χ1n) is 3.50. The number of rotatable bonds is 1. The molecule has 1 aromatic rings. The molecule has 0 aliphatic heterocycles. The maximum atomic E-state index is 10.0. The molecular weight excluding hydrogens is 156 g/mol. The van der Waals surface area contributed by atoms with Crippen molar-refractivity contribution >= 4 is 5.97 Å². The van der Waals surface area contributed by atoms with Gasteiger partial charge in [-0.2, -0.15) is 5.10 Å². The first-order valence-corrected chi connectivity index (χ1v) is 3.50. The van der Waals surface area contributed by atoms with Crippen molar-refractivity contribution < 1.29 is 9.90 Å². The Morgan fingerprint density at radius 2 is 2.58 bits per heavy atom. The monoisotopic (exact) mass is 164 g/mol. The van der Waals surface area contributed by atoms with Crippen molar-refractivity contribution in [1.82, 2.24) is 9.78 Å². The third kappa shape index (κ3) is 2.13. The molecule has 62 valence electrons. The Morgan fingerprint density at radius 1 is 1.83 bits per heavy atom. The first kappa shape index (κ1) is 8.34. The molecule has 0 saturated carbocycles. The summed E-state index contributed by atoms with van der Waals surface area (Å²) in [5.74, 6) is 3.27. The van der Waals surface area contributed by atoms with Crippen LogP contribution in [-0.2, 0) is 11.3 Å². The fraction of sp³-hybridized carbons (Fsp3) is 0.250. The summed E-state index contributed by atoms with van der Waals surface area (Å²) >= 11 is 0.